The summed E-state index contributed by atoms with van der Waals surface area (Å²) < 4.78 is 27.1. The first kappa shape index (κ1) is 62.9. The number of aryl methyl sites for hydroxylation is 1. The van der Waals surface area contributed by atoms with Gasteiger partial charge in [0.15, 0.2) is 11.6 Å². The molecule has 4 amide bonds. The quantitative estimate of drug-likeness (QED) is 0.0333. The molecule has 74 heavy (non-hydrogen) atoms. The van der Waals surface area contributed by atoms with Crippen molar-refractivity contribution in [1.29, 1.82) is 0 Å². The van der Waals surface area contributed by atoms with E-state index in [4.69, 9.17) is 5.73 Å². The maximum Gasteiger partial charge on any atom is 0.326 e. The van der Waals surface area contributed by atoms with Gasteiger partial charge < -0.3 is 31.7 Å². The second kappa shape index (κ2) is 34.9. The Labute approximate surface area is 440 Å². The van der Waals surface area contributed by atoms with Crippen molar-refractivity contribution in [3.8, 4) is 5.75 Å². The minimum atomic E-state index is -4.06. The first-order valence-electron chi connectivity index (χ1n) is 25.5. The number of tetrazole rings is 1. The molecular weight excluding hydrogens is 1020 g/mol. The van der Waals surface area contributed by atoms with Crippen molar-refractivity contribution in [2.24, 2.45) is 23.5 Å². The van der Waals surface area contributed by atoms with Crippen LogP contribution >= 0.6 is 21.6 Å². The molecule has 1 fully saturated rings. The fourth-order valence-electron chi connectivity index (χ4n) is 8.33. The Balaban J connectivity index is 1.34. The summed E-state index contributed by atoms with van der Waals surface area (Å²) in [5, 5.41) is 47.3. The number of H-pyrrole nitrogens is 1. The minimum Gasteiger partial charge on any atom is -0.508 e. The van der Waals surface area contributed by atoms with Gasteiger partial charge in [-0.25, -0.2) is 13.2 Å². The summed E-state index contributed by atoms with van der Waals surface area (Å²) in [6.45, 7) is 0. The molecule has 2 aromatic rings. The van der Waals surface area contributed by atoms with Crippen molar-refractivity contribution in [3.05, 3.63) is 35.7 Å². The number of nitrogens with zero attached hydrogens (tertiary/aromatic N) is 3. The molecule has 9 N–H and O–H groups in total. The van der Waals surface area contributed by atoms with Gasteiger partial charge >= 0.3 is 11.9 Å². The number of benzene rings is 1. The number of unbranched alkanes of at least 4 members (excludes halogenated alkanes) is 12. The van der Waals surface area contributed by atoms with Crippen LogP contribution in [0, 0.1) is 17.8 Å². The van der Waals surface area contributed by atoms with E-state index < -0.39 is 118 Å². The third kappa shape index (κ3) is 27.2. The zero-order chi connectivity index (χ0) is 54.3. The number of ketones is 3. The van der Waals surface area contributed by atoms with Gasteiger partial charge in [-0.3, -0.25) is 43.1 Å². The molecule has 25 heteroatoms. The number of rotatable bonds is 39. The second-order valence-corrected chi connectivity index (χ2v) is 23.3. The minimum absolute atomic E-state index is 0.0304. The molecule has 1 aromatic carbocycles. The first-order valence-corrected chi connectivity index (χ1v) is 29.6. The number of aliphatic carboxylic acids is 2. The number of phenols is 1. The van der Waals surface area contributed by atoms with Crippen LogP contribution in [0.15, 0.2) is 24.3 Å². The van der Waals surface area contributed by atoms with Gasteiger partial charge in [-0.15, -0.1) is 10.2 Å². The average molecular weight is 1100 g/mol. The molecule has 0 spiro atoms. The molecule has 0 bridgehead atoms. The van der Waals surface area contributed by atoms with Gasteiger partial charge in [0.2, 0.25) is 33.7 Å². The molecule has 3 rings (SSSR count). The molecular formula is C49H74N8O14S3. The molecule has 412 valence electrons. The number of carbonyl (C=O) groups excluding carboxylic acids is 7. The number of aromatic nitrogens is 4. The topological polar surface area (TPSA) is 365 Å². The van der Waals surface area contributed by atoms with Crippen LogP contribution in [0.2, 0.25) is 0 Å². The van der Waals surface area contributed by atoms with Gasteiger partial charge in [0.05, 0.1) is 11.8 Å². The van der Waals surface area contributed by atoms with Gasteiger partial charge in [0, 0.05) is 80.6 Å². The number of Topliss-reactive ketones (excluding diaryl/α,β-unsaturated/α-hetero) is 3. The summed E-state index contributed by atoms with van der Waals surface area (Å²) in [5.41, 5.74) is 6.29. The molecule has 1 unspecified atom stereocenters. The Kier molecular flexibility index (Phi) is 29.7. The lowest BCUT2D eigenvalue weighted by molar-refractivity contribution is -0.142. The fourth-order valence-corrected chi connectivity index (χ4v) is 12.1. The summed E-state index contributed by atoms with van der Waals surface area (Å²) in [4.78, 5) is 114. The van der Waals surface area contributed by atoms with E-state index >= 15 is 0 Å². The smallest absolute Gasteiger partial charge is 0.326 e. The third-order valence-corrected chi connectivity index (χ3v) is 16.6. The molecule has 1 saturated heterocycles. The number of phenolic OH excluding ortho intramolecular Hbond substituents is 1. The number of sulfonamides is 1. The van der Waals surface area contributed by atoms with Crippen LogP contribution in [0.3, 0.4) is 0 Å². The lowest BCUT2D eigenvalue weighted by Crippen LogP contribution is -2.44. The summed E-state index contributed by atoms with van der Waals surface area (Å²) >= 11 is 0. The number of carboxylic acids is 2. The predicted molar refractivity (Wildman–Crippen MR) is 277 cm³/mol. The number of carboxylic acid groups (broad SMARTS) is 2. The van der Waals surface area contributed by atoms with Crippen molar-refractivity contribution in [1.82, 2.24) is 36.0 Å². The van der Waals surface area contributed by atoms with Crippen LogP contribution in [0.1, 0.15) is 159 Å². The van der Waals surface area contributed by atoms with E-state index in [-0.39, 0.29) is 68.0 Å². The number of aromatic hydroxyl groups is 1. The normalized spacial score (nSPS) is 16.2. The van der Waals surface area contributed by atoms with E-state index in [1.54, 1.807) is 12.1 Å². The first-order chi connectivity index (χ1) is 35.3. The van der Waals surface area contributed by atoms with Crippen molar-refractivity contribution in [2.75, 3.05) is 17.3 Å². The van der Waals surface area contributed by atoms with Crippen molar-refractivity contribution >= 4 is 84.5 Å². The van der Waals surface area contributed by atoms with Gasteiger partial charge in [-0.2, -0.15) is 5.21 Å². The highest BCUT2D eigenvalue weighted by Crippen LogP contribution is 2.34. The number of carbonyl (C=O) groups is 9. The Morgan fingerprint density at radius 1 is 0.730 bits per heavy atom. The number of hydrogen-bond acceptors (Lipinski definition) is 17. The van der Waals surface area contributed by atoms with Crippen molar-refractivity contribution in [2.45, 2.75) is 173 Å². The summed E-state index contributed by atoms with van der Waals surface area (Å²) in [7, 11) is -1.48. The molecule has 5 atom stereocenters. The Morgan fingerprint density at radius 2 is 1.30 bits per heavy atom. The Hall–Kier alpha value is -5.43. The number of aromatic amines is 1. The van der Waals surface area contributed by atoms with Crippen LogP contribution in [0.25, 0.3) is 0 Å². The highest BCUT2D eigenvalue weighted by atomic mass is 33.1. The molecule has 22 nitrogen and oxygen atoms in total. The molecule has 2 heterocycles. The SMILES string of the molecule is NC(=O)[C@@H](CC(=O)[C@@H]1CSSC[C@H](CC(=O)[C@H](CCC(=O)O)NC(=O)CCC(NC(=O)CCCS(=O)(=O)NC(=O)CCCCCCCCCCCCCCCc2nn[nH]n2)C(=O)O)C(=O)C1)Cc1ccc(O)cc1. The standard InChI is InChI=1S/C49H74N8O14S3/c50-48(67)34(27-33-18-20-37(58)21-19-33)28-40(59)35-29-41(60)36(32-73-72-31-35)30-42(61)38(23-25-47(65)66)51-45(63)24-22-39(49(68)69)52-44(62)17-14-26-74(70,71)55-46(64)16-13-11-9-7-5-3-1-2-4-6-8-10-12-15-43-53-56-57-54-43/h18-21,34-36,38-39,58H,1-17,22-32H2,(H2,50,67)(H,51,63)(H,52,62)(H,55,64)(H,65,66)(H,68,69)(H,53,54,56,57)/t34-,35+,36+,38+,39?/m1/s1. The molecule has 0 saturated carbocycles. The molecule has 1 aliphatic heterocycles. The van der Waals surface area contributed by atoms with E-state index in [1.807, 2.05) is 4.72 Å². The number of hydrogen-bond donors (Lipinski definition) is 8. The number of amides is 4. The van der Waals surface area contributed by atoms with E-state index in [0.717, 1.165) is 57.2 Å². The fraction of sp³-hybridized carbons (Fsp3) is 0.673. The van der Waals surface area contributed by atoms with E-state index in [9.17, 15) is 66.9 Å². The van der Waals surface area contributed by atoms with Crippen molar-refractivity contribution in [3.63, 3.8) is 0 Å². The van der Waals surface area contributed by atoms with Crippen LogP contribution in [-0.2, 0) is 66.0 Å². The van der Waals surface area contributed by atoms with Gasteiger partial charge in [0.1, 0.15) is 23.4 Å². The number of nitrogens with two attached hydrogens (primary N) is 1. The zero-order valence-corrected chi connectivity index (χ0v) is 44.4. The van der Waals surface area contributed by atoms with Gasteiger partial charge in [-0.1, -0.05) is 110 Å². The number of nitrogens with one attached hydrogen (secondary N) is 4. The monoisotopic (exact) mass is 1090 g/mol. The van der Waals surface area contributed by atoms with Crippen LogP contribution in [-0.4, -0.2) is 127 Å². The summed E-state index contributed by atoms with van der Waals surface area (Å²) in [6, 6.07) is 3.16. The average Bonchev–Trinajstić information content (AvgIpc) is 3.86. The molecule has 0 radical (unpaired) electrons. The molecule has 0 aliphatic carbocycles. The van der Waals surface area contributed by atoms with Crippen LogP contribution in [0.4, 0.5) is 0 Å². The van der Waals surface area contributed by atoms with Gasteiger partial charge in [0.25, 0.3) is 0 Å². The highest BCUT2D eigenvalue weighted by molar-refractivity contribution is 8.76. The Bertz CT molecular complexity index is 2230. The molecule has 1 aromatic heterocycles. The van der Waals surface area contributed by atoms with E-state index in [1.165, 1.54) is 65.8 Å². The number of primary amides is 1. The maximum atomic E-state index is 13.6. The zero-order valence-electron chi connectivity index (χ0n) is 42.0. The van der Waals surface area contributed by atoms with Crippen LogP contribution in [0.5, 0.6) is 5.75 Å². The third-order valence-electron chi connectivity index (χ3n) is 12.6. The summed E-state index contributed by atoms with van der Waals surface area (Å²) in [6.07, 6.45) is 11.6. The largest absolute Gasteiger partial charge is 0.508 e. The molecule has 1 aliphatic rings. The van der Waals surface area contributed by atoms with E-state index in [0.29, 0.717) is 12.0 Å². The second-order valence-electron chi connectivity index (χ2n) is 18.9. The summed E-state index contributed by atoms with van der Waals surface area (Å²) in [5.74, 6) is -8.99. The van der Waals surface area contributed by atoms with Crippen LogP contribution < -0.4 is 21.1 Å². The lowest BCUT2D eigenvalue weighted by atomic mass is 9.85. The van der Waals surface area contributed by atoms with Gasteiger partial charge in [-0.05, 0) is 56.2 Å². The Morgan fingerprint density at radius 3 is 1.89 bits per heavy atom. The highest BCUT2D eigenvalue weighted by Gasteiger charge is 2.34. The maximum absolute atomic E-state index is 13.6. The van der Waals surface area contributed by atoms with Crippen molar-refractivity contribution < 1.29 is 66.9 Å². The van der Waals surface area contributed by atoms with E-state index in [2.05, 4.69) is 31.3 Å². The lowest BCUT2D eigenvalue weighted by Gasteiger charge is -2.25. The predicted octanol–water partition coefficient (Wildman–Crippen LogP) is 4.68.